The lowest BCUT2D eigenvalue weighted by Gasteiger charge is -2.32. The van der Waals surface area contributed by atoms with Gasteiger partial charge in [-0.2, -0.15) is 29.9 Å². The Morgan fingerprint density at radius 2 is 0.971 bits per heavy atom. The summed E-state index contributed by atoms with van der Waals surface area (Å²) in [5.74, 6) is 4.96. The van der Waals surface area contributed by atoms with E-state index < -0.39 is 0 Å². The molecule has 7 N–H and O–H groups in total. The van der Waals surface area contributed by atoms with Crippen LogP contribution in [0.3, 0.4) is 0 Å². The third-order valence-electron chi connectivity index (χ3n) is 13.2. The van der Waals surface area contributed by atoms with Crippen LogP contribution in [0, 0.1) is 0 Å². The van der Waals surface area contributed by atoms with Crippen LogP contribution < -0.4 is 46.7 Å². The molecule has 2 aliphatic heterocycles. The number of ether oxygens (including phenoxy) is 2. The number of likely N-dealkylation sites (tertiary alicyclic amines) is 1. The van der Waals surface area contributed by atoms with Crippen LogP contribution in [0.5, 0.6) is 11.5 Å². The summed E-state index contributed by atoms with van der Waals surface area (Å²) in [4.78, 5) is 30.7. The minimum absolute atomic E-state index is 0.318. The summed E-state index contributed by atoms with van der Waals surface area (Å²) in [5.41, 5.74) is 3.07. The summed E-state index contributed by atoms with van der Waals surface area (Å²) in [6, 6.07) is 25.5. The molecule has 0 bridgehead atoms. The molecule has 0 radical (unpaired) electrons. The Kier molecular flexibility index (Phi) is 18.3. The molecule has 0 spiro atoms. The van der Waals surface area contributed by atoms with E-state index in [1.54, 1.807) is 14.2 Å². The molecule has 0 atom stereocenters. The van der Waals surface area contributed by atoms with E-state index in [1.165, 1.54) is 69.8 Å². The normalized spacial score (nSPS) is 17.9. The molecular weight excluding hydrogens is 876 g/mol. The van der Waals surface area contributed by atoms with Crippen LogP contribution in [0.15, 0.2) is 72.8 Å². The number of hydrogen-bond donors (Lipinski definition) is 7. The number of piperidine rings is 2. The fraction of sp³-hybridized carbons (Fsp3) is 0.529. The number of halogens is 1. The Hall–Kier alpha value is -5.71. The van der Waals surface area contributed by atoms with E-state index in [9.17, 15) is 0 Å². The van der Waals surface area contributed by atoms with Crippen LogP contribution in [-0.2, 0) is 6.54 Å². The van der Waals surface area contributed by atoms with Gasteiger partial charge < -0.3 is 46.7 Å². The predicted molar refractivity (Wildman–Crippen MR) is 275 cm³/mol. The maximum Gasteiger partial charge on any atom is 0.233 e. The molecule has 0 unspecified atom stereocenters. The lowest BCUT2D eigenvalue weighted by Crippen LogP contribution is -2.39. The summed E-state index contributed by atoms with van der Waals surface area (Å²) < 4.78 is 10.5. The fourth-order valence-electron chi connectivity index (χ4n) is 9.42. The van der Waals surface area contributed by atoms with Crippen LogP contribution in [0.4, 0.5) is 47.1 Å². The van der Waals surface area contributed by atoms with Gasteiger partial charge in [-0.15, -0.1) is 0 Å². The lowest BCUT2D eigenvalue weighted by molar-refractivity contribution is 0.211. The molecule has 0 amide bonds. The highest BCUT2D eigenvalue weighted by molar-refractivity contribution is 6.32. The van der Waals surface area contributed by atoms with Gasteiger partial charge in [-0.25, -0.2) is 0 Å². The fourth-order valence-corrected chi connectivity index (χ4v) is 9.68. The minimum Gasteiger partial charge on any atom is -0.497 e. The Balaban J connectivity index is 0.000000189. The highest BCUT2D eigenvalue weighted by Crippen LogP contribution is 2.30. The zero-order valence-corrected chi connectivity index (χ0v) is 40.7. The Bertz CT molecular complexity index is 2260. The Morgan fingerprint density at radius 1 is 0.515 bits per heavy atom. The maximum absolute atomic E-state index is 6.35. The quantitative estimate of drug-likeness (QED) is 0.0463. The number of hydrogen-bond acceptors (Lipinski definition) is 16. The molecule has 17 heteroatoms. The van der Waals surface area contributed by atoms with Crippen molar-refractivity contribution in [2.75, 3.05) is 72.3 Å². The molecule has 3 aromatic carbocycles. The largest absolute Gasteiger partial charge is 0.497 e. The van der Waals surface area contributed by atoms with Gasteiger partial charge in [0.25, 0.3) is 0 Å². The van der Waals surface area contributed by atoms with Crippen molar-refractivity contribution in [2.45, 2.75) is 133 Å². The van der Waals surface area contributed by atoms with Gasteiger partial charge in [0.05, 0.1) is 19.2 Å². The minimum atomic E-state index is 0.318. The molecule has 5 aromatic rings. The zero-order chi connectivity index (χ0) is 46.8. The van der Waals surface area contributed by atoms with E-state index in [4.69, 9.17) is 41.0 Å². The van der Waals surface area contributed by atoms with Crippen molar-refractivity contribution in [3.63, 3.8) is 0 Å². The molecule has 16 nitrogen and oxygen atoms in total. The van der Waals surface area contributed by atoms with Crippen LogP contribution in [-0.4, -0.2) is 99.4 Å². The number of rotatable bonds is 16. The van der Waals surface area contributed by atoms with Crippen molar-refractivity contribution in [1.82, 2.24) is 40.1 Å². The van der Waals surface area contributed by atoms with E-state index in [0.717, 1.165) is 88.4 Å². The molecule has 4 aliphatic rings. The van der Waals surface area contributed by atoms with Gasteiger partial charge in [0.1, 0.15) is 11.5 Å². The monoisotopic (exact) mass is 947 g/mol. The van der Waals surface area contributed by atoms with E-state index in [0.29, 0.717) is 70.6 Å². The predicted octanol–water partition coefficient (Wildman–Crippen LogP) is 10.4. The second-order valence-electron chi connectivity index (χ2n) is 18.5. The summed E-state index contributed by atoms with van der Waals surface area (Å²) in [5, 5.41) is 24.8. The molecule has 2 saturated heterocycles. The number of nitrogens with one attached hydrogen (secondary N) is 7. The highest BCUT2D eigenvalue weighted by atomic mass is 35.5. The van der Waals surface area contributed by atoms with Crippen molar-refractivity contribution in [3.05, 3.63) is 83.4 Å². The average Bonchev–Trinajstić information content (AvgIpc) is 3.78. The van der Waals surface area contributed by atoms with Gasteiger partial charge in [0.2, 0.25) is 35.7 Å². The summed E-state index contributed by atoms with van der Waals surface area (Å²) in [7, 11) is 3.27. The SMILES string of the molecule is COc1ccc(Nc2nc(NC3CCCCCC3)nc(NC3CCN(Cc4ccccc4)CC3)n2)cc1Cl.COc1ccc(Nc2nc(NC3CCCCCC3)nc(NC3CCNCC3)n2)cc1. The van der Waals surface area contributed by atoms with Crippen molar-refractivity contribution in [3.8, 4) is 11.5 Å². The smallest absolute Gasteiger partial charge is 0.233 e. The van der Waals surface area contributed by atoms with E-state index >= 15 is 0 Å². The lowest BCUT2D eigenvalue weighted by atomic mass is 10.0. The second kappa shape index (κ2) is 25.6. The number of nitrogens with zero attached hydrogens (tertiary/aromatic N) is 7. The first-order chi connectivity index (χ1) is 33.4. The van der Waals surface area contributed by atoms with Crippen LogP contribution >= 0.6 is 11.6 Å². The third kappa shape index (κ3) is 15.4. The summed E-state index contributed by atoms with van der Waals surface area (Å²) >= 11 is 6.35. The Morgan fingerprint density at radius 3 is 1.46 bits per heavy atom. The maximum atomic E-state index is 6.35. The van der Waals surface area contributed by atoms with Crippen molar-refractivity contribution >= 4 is 58.7 Å². The zero-order valence-electron chi connectivity index (χ0n) is 39.9. The van der Waals surface area contributed by atoms with E-state index in [-0.39, 0.29) is 0 Å². The van der Waals surface area contributed by atoms with Crippen molar-refractivity contribution < 1.29 is 9.47 Å². The van der Waals surface area contributed by atoms with Gasteiger partial charge in [-0.1, -0.05) is 93.3 Å². The van der Waals surface area contributed by atoms with Crippen LogP contribution in [0.25, 0.3) is 0 Å². The third-order valence-corrected chi connectivity index (χ3v) is 13.5. The van der Waals surface area contributed by atoms with E-state index in [2.05, 4.69) is 82.4 Å². The van der Waals surface area contributed by atoms with Gasteiger partial charge in [-0.05, 0) is 112 Å². The number of methoxy groups -OCH3 is 2. The molecular formula is C51H71ClN14O2. The summed E-state index contributed by atoms with van der Waals surface area (Å²) in [6.07, 6.45) is 19.1. The van der Waals surface area contributed by atoms with Crippen molar-refractivity contribution in [2.24, 2.45) is 0 Å². The molecule has 9 rings (SSSR count). The van der Waals surface area contributed by atoms with Crippen molar-refractivity contribution in [1.29, 1.82) is 0 Å². The van der Waals surface area contributed by atoms with E-state index in [1.807, 2.05) is 42.5 Å². The highest BCUT2D eigenvalue weighted by Gasteiger charge is 2.23. The standard InChI is InChI=1S/C29H38ClN7O.C22H33N7O/c1-38-26-14-13-24(19-25(26)30)33-29-35-27(31-22-11-7-2-3-8-12-22)34-28(36-29)32-23-15-17-37(18-16-23)20-21-9-5-4-6-10-21;1-30-19-10-8-17(9-11-19)25-21-27-20(24-16-6-4-2-3-5-7-16)28-22(29-21)26-18-12-14-23-15-13-18/h4-6,9-10,13-14,19,22-23H,2-3,7-8,11-12,15-18,20H2,1H3,(H3,31,32,33,34,35,36);8-11,16,18,23H,2-7,12-15H2,1H3,(H3,24,25,26,27,28,29). The first-order valence-corrected chi connectivity index (χ1v) is 25.4. The van der Waals surface area contributed by atoms with Gasteiger partial charge in [0.15, 0.2) is 0 Å². The molecule has 364 valence electrons. The topological polar surface area (TPSA) is 183 Å². The van der Waals surface area contributed by atoms with Crippen LogP contribution in [0.1, 0.15) is 108 Å². The molecule has 68 heavy (non-hydrogen) atoms. The number of benzene rings is 3. The second-order valence-corrected chi connectivity index (χ2v) is 18.9. The molecule has 4 heterocycles. The summed E-state index contributed by atoms with van der Waals surface area (Å²) in [6.45, 7) is 5.12. The molecule has 2 aromatic heterocycles. The molecule has 2 aliphatic carbocycles. The first kappa shape index (κ1) is 48.7. The number of aromatic nitrogens is 6. The van der Waals surface area contributed by atoms with Gasteiger partial charge >= 0.3 is 0 Å². The molecule has 4 fully saturated rings. The van der Waals surface area contributed by atoms with Gasteiger partial charge in [-0.3, -0.25) is 4.90 Å². The van der Waals surface area contributed by atoms with Gasteiger partial charge in [0, 0.05) is 55.2 Å². The number of anilines is 8. The Labute approximate surface area is 407 Å². The average molecular weight is 948 g/mol. The van der Waals surface area contributed by atoms with Crippen LogP contribution in [0.2, 0.25) is 5.02 Å². The first-order valence-electron chi connectivity index (χ1n) is 25.0. The molecule has 2 saturated carbocycles.